The van der Waals surface area contributed by atoms with Crippen molar-refractivity contribution < 1.29 is 9.53 Å². The van der Waals surface area contributed by atoms with Gasteiger partial charge in [0, 0.05) is 5.56 Å². The Morgan fingerprint density at radius 2 is 1.79 bits per heavy atom. The third-order valence-corrected chi connectivity index (χ3v) is 4.19. The zero-order chi connectivity index (χ0) is 16.9. The number of hydrogen-bond acceptors (Lipinski definition) is 5. The fraction of sp³-hybridized carbons (Fsp3) is 0.118. The van der Waals surface area contributed by atoms with Crippen molar-refractivity contribution in [2.75, 3.05) is 17.7 Å². The molecule has 0 saturated heterocycles. The average molecular weight is 340 g/mol. The summed E-state index contributed by atoms with van der Waals surface area (Å²) in [5.41, 5.74) is 2.73. The van der Waals surface area contributed by atoms with Crippen LogP contribution in [0, 0.1) is 6.92 Å². The van der Waals surface area contributed by atoms with E-state index in [2.05, 4.69) is 20.8 Å². The minimum Gasteiger partial charge on any atom is -0.495 e. The predicted octanol–water partition coefficient (Wildman–Crippen LogP) is 4.17. The second-order valence-corrected chi connectivity index (χ2v) is 6.04. The molecule has 0 saturated carbocycles. The molecule has 3 aromatic rings. The Kier molecular flexibility index (Phi) is 4.72. The first-order valence-corrected chi connectivity index (χ1v) is 8.09. The van der Waals surface area contributed by atoms with Crippen molar-refractivity contribution in [2.24, 2.45) is 0 Å². The number of urea groups is 1. The van der Waals surface area contributed by atoms with E-state index in [9.17, 15) is 4.79 Å². The van der Waals surface area contributed by atoms with Crippen LogP contribution in [0.15, 0.2) is 48.5 Å². The third kappa shape index (κ3) is 3.69. The van der Waals surface area contributed by atoms with Gasteiger partial charge in [-0.15, -0.1) is 10.2 Å². The van der Waals surface area contributed by atoms with Crippen LogP contribution in [0.25, 0.3) is 10.6 Å². The number of benzene rings is 2. The summed E-state index contributed by atoms with van der Waals surface area (Å²) >= 11 is 1.32. The summed E-state index contributed by atoms with van der Waals surface area (Å²) < 4.78 is 5.20. The molecular weight excluding hydrogens is 324 g/mol. The number of aromatic nitrogens is 2. The SMILES string of the molecule is COc1ccccc1NC(=O)Nc1nnc(-c2ccc(C)cc2)s1. The molecule has 0 bridgehead atoms. The molecule has 3 rings (SSSR count). The molecule has 1 heterocycles. The van der Waals surface area contributed by atoms with Gasteiger partial charge < -0.3 is 10.1 Å². The average Bonchev–Trinajstić information content (AvgIpc) is 3.04. The van der Waals surface area contributed by atoms with E-state index in [1.165, 1.54) is 16.9 Å². The predicted molar refractivity (Wildman–Crippen MR) is 95.7 cm³/mol. The molecule has 122 valence electrons. The van der Waals surface area contributed by atoms with Crippen LogP contribution in [0.4, 0.5) is 15.6 Å². The first-order valence-electron chi connectivity index (χ1n) is 7.27. The smallest absolute Gasteiger partial charge is 0.325 e. The molecule has 0 radical (unpaired) electrons. The zero-order valence-electron chi connectivity index (χ0n) is 13.2. The van der Waals surface area contributed by atoms with Gasteiger partial charge in [0.25, 0.3) is 0 Å². The van der Waals surface area contributed by atoms with Crippen molar-refractivity contribution in [1.29, 1.82) is 0 Å². The minimum absolute atomic E-state index is 0.397. The summed E-state index contributed by atoms with van der Waals surface area (Å²) in [4.78, 5) is 12.1. The van der Waals surface area contributed by atoms with Gasteiger partial charge in [0.1, 0.15) is 10.8 Å². The Labute approximate surface area is 143 Å². The van der Waals surface area contributed by atoms with Gasteiger partial charge in [0.15, 0.2) is 0 Å². The van der Waals surface area contributed by atoms with E-state index in [1.807, 2.05) is 43.3 Å². The minimum atomic E-state index is -0.397. The van der Waals surface area contributed by atoms with E-state index in [0.29, 0.717) is 16.6 Å². The van der Waals surface area contributed by atoms with Crippen LogP contribution in [0.5, 0.6) is 5.75 Å². The zero-order valence-corrected chi connectivity index (χ0v) is 14.1. The summed E-state index contributed by atoms with van der Waals surface area (Å²) in [6, 6.07) is 14.8. The Morgan fingerprint density at radius 3 is 2.54 bits per heavy atom. The van der Waals surface area contributed by atoms with Gasteiger partial charge in [-0.1, -0.05) is 53.3 Å². The Hall–Kier alpha value is -2.93. The first kappa shape index (κ1) is 15.9. The topological polar surface area (TPSA) is 76.1 Å². The molecule has 0 aliphatic carbocycles. The highest BCUT2D eigenvalue weighted by molar-refractivity contribution is 7.18. The maximum Gasteiger partial charge on any atom is 0.325 e. The Balaban J connectivity index is 1.68. The number of ether oxygens (including phenoxy) is 1. The van der Waals surface area contributed by atoms with E-state index in [4.69, 9.17) is 4.74 Å². The van der Waals surface area contributed by atoms with Crippen LogP contribution in [0.2, 0.25) is 0 Å². The summed E-state index contributed by atoms with van der Waals surface area (Å²) in [6.07, 6.45) is 0. The van der Waals surface area contributed by atoms with Gasteiger partial charge in [-0.05, 0) is 19.1 Å². The monoisotopic (exact) mass is 340 g/mol. The number of carbonyl (C=O) groups excluding carboxylic acids is 1. The van der Waals surface area contributed by atoms with Crippen molar-refractivity contribution in [3.63, 3.8) is 0 Å². The lowest BCUT2D eigenvalue weighted by Gasteiger charge is -2.09. The van der Waals surface area contributed by atoms with Crippen LogP contribution >= 0.6 is 11.3 Å². The lowest BCUT2D eigenvalue weighted by atomic mass is 10.2. The lowest BCUT2D eigenvalue weighted by molar-refractivity contribution is 0.262. The van der Waals surface area contributed by atoms with Crippen molar-refractivity contribution >= 4 is 28.2 Å². The van der Waals surface area contributed by atoms with Crippen molar-refractivity contribution in [3.8, 4) is 16.3 Å². The fourth-order valence-corrected chi connectivity index (χ4v) is 2.83. The molecule has 0 unspecified atom stereocenters. The molecule has 6 nitrogen and oxygen atoms in total. The van der Waals surface area contributed by atoms with Gasteiger partial charge in [-0.3, -0.25) is 5.32 Å². The summed E-state index contributed by atoms with van der Waals surface area (Å²) in [6.45, 7) is 2.03. The fourth-order valence-electron chi connectivity index (χ4n) is 2.09. The Morgan fingerprint density at radius 1 is 1.04 bits per heavy atom. The van der Waals surface area contributed by atoms with E-state index in [1.54, 1.807) is 19.2 Å². The number of amides is 2. The molecule has 2 aromatic carbocycles. The summed E-state index contributed by atoms with van der Waals surface area (Å²) in [5.74, 6) is 0.588. The maximum absolute atomic E-state index is 12.1. The number of rotatable bonds is 4. The highest BCUT2D eigenvalue weighted by Crippen LogP contribution is 2.27. The van der Waals surface area contributed by atoms with E-state index in [-0.39, 0.29) is 0 Å². The standard InChI is InChI=1S/C17H16N4O2S/c1-11-7-9-12(10-8-11)15-20-21-17(24-15)19-16(22)18-13-5-3-4-6-14(13)23-2/h3-10H,1-2H3,(H2,18,19,21,22). The highest BCUT2D eigenvalue weighted by atomic mass is 32.1. The third-order valence-electron chi connectivity index (χ3n) is 3.30. The highest BCUT2D eigenvalue weighted by Gasteiger charge is 2.11. The van der Waals surface area contributed by atoms with Gasteiger partial charge in [-0.2, -0.15) is 0 Å². The second kappa shape index (κ2) is 7.10. The number of carbonyl (C=O) groups is 1. The van der Waals surface area contributed by atoms with Crippen LogP contribution in [0.1, 0.15) is 5.56 Å². The number of hydrogen-bond donors (Lipinski definition) is 2. The largest absolute Gasteiger partial charge is 0.495 e. The quantitative estimate of drug-likeness (QED) is 0.747. The van der Waals surface area contributed by atoms with Crippen LogP contribution < -0.4 is 15.4 Å². The number of nitrogens with zero attached hydrogens (tertiary/aromatic N) is 2. The first-order chi connectivity index (χ1) is 11.7. The molecule has 0 aliphatic rings. The molecule has 1 aromatic heterocycles. The number of nitrogens with one attached hydrogen (secondary N) is 2. The molecule has 2 amide bonds. The van der Waals surface area contributed by atoms with Crippen molar-refractivity contribution in [1.82, 2.24) is 10.2 Å². The van der Waals surface area contributed by atoms with Crippen molar-refractivity contribution in [3.05, 3.63) is 54.1 Å². The van der Waals surface area contributed by atoms with Crippen molar-refractivity contribution in [2.45, 2.75) is 6.92 Å². The maximum atomic E-state index is 12.1. The number of aryl methyl sites for hydroxylation is 1. The number of para-hydroxylation sites is 2. The van der Waals surface area contributed by atoms with Gasteiger partial charge in [0.05, 0.1) is 12.8 Å². The molecule has 0 spiro atoms. The molecule has 0 fully saturated rings. The molecule has 0 atom stereocenters. The van der Waals surface area contributed by atoms with Crippen LogP contribution in [0.3, 0.4) is 0 Å². The number of methoxy groups -OCH3 is 1. The summed E-state index contributed by atoms with van der Waals surface area (Å²) in [5, 5.41) is 14.7. The number of anilines is 2. The van der Waals surface area contributed by atoms with Gasteiger partial charge >= 0.3 is 6.03 Å². The van der Waals surface area contributed by atoms with Gasteiger partial charge in [-0.25, -0.2) is 4.79 Å². The van der Waals surface area contributed by atoms with E-state index >= 15 is 0 Å². The normalized spacial score (nSPS) is 10.2. The molecular formula is C17H16N4O2S. The Bertz CT molecular complexity index is 846. The van der Waals surface area contributed by atoms with Crippen LogP contribution in [-0.2, 0) is 0 Å². The molecule has 0 aliphatic heterocycles. The van der Waals surface area contributed by atoms with E-state index in [0.717, 1.165) is 10.6 Å². The molecule has 7 heteroatoms. The van der Waals surface area contributed by atoms with Crippen LogP contribution in [-0.4, -0.2) is 23.3 Å². The lowest BCUT2D eigenvalue weighted by Crippen LogP contribution is -2.19. The second-order valence-electron chi connectivity index (χ2n) is 5.06. The van der Waals surface area contributed by atoms with E-state index < -0.39 is 6.03 Å². The molecule has 2 N–H and O–H groups in total. The summed E-state index contributed by atoms with van der Waals surface area (Å²) in [7, 11) is 1.55. The molecule has 24 heavy (non-hydrogen) atoms. The van der Waals surface area contributed by atoms with Gasteiger partial charge in [0.2, 0.25) is 5.13 Å².